The van der Waals surface area contributed by atoms with Crippen LogP contribution in [0.5, 0.6) is 0 Å². The van der Waals surface area contributed by atoms with E-state index in [0.717, 1.165) is 12.8 Å². The van der Waals surface area contributed by atoms with Crippen LogP contribution >= 0.6 is 12.4 Å². The van der Waals surface area contributed by atoms with Crippen molar-refractivity contribution in [3.8, 4) is 0 Å². The second-order valence-electron chi connectivity index (χ2n) is 6.41. The van der Waals surface area contributed by atoms with E-state index in [1.165, 1.54) is 0 Å². The number of carbonyl (C=O) groups excluding carboxylic acids is 2. The van der Waals surface area contributed by atoms with Crippen molar-refractivity contribution in [1.29, 1.82) is 0 Å². The first-order chi connectivity index (χ1) is 10.2. The molecule has 8 heteroatoms. The highest BCUT2D eigenvalue weighted by molar-refractivity contribution is 7.92. The van der Waals surface area contributed by atoms with Crippen molar-refractivity contribution < 1.29 is 18.0 Å². The molecule has 0 heterocycles. The van der Waals surface area contributed by atoms with Crippen molar-refractivity contribution in [2.75, 3.05) is 5.75 Å². The average molecular weight is 369 g/mol. The van der Waals surface area contributed by atoms with Gasteiger partial charge in [0.2, 0.25) is 5.91 Å². The van der Waals surface area contributed by atoms with E-state index in [9.17, 15) is 18.0 Å². The van der Waals surface area contributed by atoms with Crippen LogP contribution in [0.15, 0.2) is 0 Å². The normalized spacial score (nSPS) is 17.4. The van der Waals surface area contributed by atoms with E-state index in [2.05, 4.69) is 0 Å². The van der Waals surface area contributed by atoms with Crippen LogP contribution < -0.4 is 11.5 Å². The summed E-state index contributed by atoms with van der Waals surface area (Å²) in [5.41, 5.74) is 9.05. The smallest absolute Gasteiger partial charge is 0.246 e. The van der Waals surface area contributed by atoms with Gasteiger partial charge < -0.3 is 11.5 Å². The maximum atomic E-state index is 12.6. The minimum absolute atomic E-state index is 0. The largest absolute Gasteiger partial charge is 0.368 e. The molecule has 1 atom stereocenters. The number of halogens is 1. The predicted molar refractivity (Wildman–Crippen MR) is 93.1 cm³/mol. The van der Waals surface area contributed by atoms with Crippen molar-refractivity contribution in [3.05, 3.63) is 0 Å². The van der Waals surface area contributed by atoms with Gasteiger partial charge in [0.05, 0.1) is 11.0 Å². The zero-order chi connectivity index (χ0) is 17.0. The number of Topliss-reactive ketones (excluding diaryl/α,β-unsaturated/α-hetero) is 1. The Morgan fingerprint density at radius 3 is 2.00 bits per heavy atom. The van der Waals surface area contributed by atoms with Gasteiger partial charge in [0.1, 0.15) is 0 Å². The molecule has 0 saturated heterocycles. The third-order valence-electron chi connectivity index (χ3n) is 4.27. The Bertz CT molecular complexity index is 514. The van der Waals surface area contributed by atoms with Crippen LogP contribution in [0.3, 0.4) is 0 Å². The third-order valence-corrected chi connectivity index (χ3v) is 6.61. The first-order valence-electron chi connectivity index (χ1n) is 8.01. The Kier molecular flexibility index (Phi) is 8.73. The van der Waals surface area contributed by atoms with Crippen molar-refractivity contribution in [2.24, 2.45) is 17.4 Å². The topological polar surface area (TPSA) is 120 Å². The highest BCUT2D eigenvalue weighted by Gasteiger charge is 2.46. The molecule has 0 spiro atoms. The molecule has 4 N–H and O–H groups in total. The van der Waals surface area contributed by atoms with Crippen molar-refractivity contribution in [2.45, 2.75) is 69.6 Å². The fraction of sp³-hybridized carbons (Fsp3) is 0.867. The summed E-state index contributed by atoms with van der Waals surface area (Å²) in [7, 11) is -3.66. The number of rotatable bonds is 11. The predicted octanol–water partition coefficient (Wildman–Crippen LogP) is 1.34. The Morgan fingerprint density at radius 1 is 1.17 bits per heavy atom. The number of hydrogen-bond donors (Lipinski definition) is 2. The maximum absolute atomic E-state index is 12.6. The molecule has 1 fully saturated rings. The van der Waals surface area contributed by atoms with Gasteiger partial charge in [0.15, 0.2) is 21.2 Å². The molecule has 6 nitrogen and oxygen atoms in total. The SMILES string of the molecule is CCCC(CCC)S(=O)(=O)CC(N)(C(N)=O)C(=O)CC1CC1.Cl. The Hall–Kier alpha value is -0.660. The minimum atomic E-state index is -3.66. The van der Waals surface area contributed by atoms with Gasteiger partial charge in [-0.15, -0.1) is 12.4 Å². The molecule has 1 aliphatic carbocycles. The monoisotopic (exact) mass is 368 g/mol. The lowest BCUT2D eigenvalue weighted by Gasteiger charge is -2.27. The molecule has 136 valence electrons. The van der Waals surface area contributed by atoms with Crippen LogP contribution in [0.1, 0.15) is 58.8 Å². The van der Waals surface area contributed by atoms with Crippen LogP contribution in [-0.4, -0.2) is 36.6 Å². The molecule has 1 rings (SSSR count). The summed E-state index contributed by atoms with van der Waals surface area (Å²) in [6.45, 7) is 3.81. The summed E-state index contributed by atoms with van der Waals surface area (Å²) >= 11 is 0. The van der Waals surface area contributed by atoms with Gasteiger partial charge in [0.25, 0.3) is 0 Å². The Morgan fingerprint density at radius 2 is 1.65 bits per heavy atom. The van der Waals surface area contributed by atoms with E-state index in [1.807, 2.05) is 13.8 Å². The van der Waals surface area contributed by atoms with Gasteiger partial charge >= 0.3 is 0 Å². The number of carbonyl (C=O) groups is 2. The Balaban J connectivity index is 0.00000484. The first-order valence-corrected chi connectivity index (χ1v) is 9.72. The van der Waals surface area contributed by atoms with E-state index >= 15 is 0 Å². The summed E-state index contributed by atoms with van der Waals surface area (Å²) in [5, 5.41) is -0.571. The maximum Gasteiger partial charge on any atom is 0.246 e. The standard InChI is InChI=1S/C15H28N2O4S.ClH/c1-3-5-12(6-4-2)22(20,21)10-15(17,14(16)19)13(18)9-11-7-8-11;/h11-12H,3-10,17H2,1-2H3,(H2,16,19);1H. The van der Waals surface area contributed by atoms with E-state index in [1.54, 1.807) is 0 Å². The minimum Gasteiger partial charge on any atom is -0.368 e. The summed E-state index contributed by atoms with van der Waals surface area (Å²) in [6.07, 6.45) is 4.41. The molecular weight excluding hydrogens is 340 g/mol. The van der Waals surface area contributed by atoms with Crippen molar-refractivity contribution in [1.82, 2.24) is 0 Å². The van der Waals surface area contributed by atoms with Gasteiger partial charge in [-0.05, 0) is 31.6 Å². The zero-order valence-corrected chi connectivity index (χ0v) is 15.5. The average Bonchev–Trinajstić information content (AvgIpc) is 3.21. The van der Waals surface area contributed by atoms with Crippen molar-refractivity contribution in [3.63, 3.8) is 0 Å². The summed E-state index contributed by atoms with van der Waals surface area (Å²) in [4.78, 5) is 24.0. The lowest BCUT2D eigenvalue weighted by Crippen LogP contribution is -2.63. The molecule has 0 bridgehead atoms. The molecule has 1 amide bonds. The van der Waals surface area contributed by atoms with Crippen LogP contribution in [0, 0.1) is 5.92 Å². The zero-order valence-electron chi connectivity index (χ0n) is 13.9. The second kappa shape index (κ2) is 8.99. The molecule has 0 aromatic heterocycles. The number of nitrogens with two attached hydrogens (primary N) is 2. The van der Waals surface area contributed by atoms with Crippen molar-refractivity contribution >= 4 is 33.9 Å². The van der Waals surface area contributed by atoms with Gasteiger partial charge in [-0.1, -0.05) is 26.7 Å². The highest BCUT2D eigenvalue weighted by atomic mass is 35.5. The molecule has 1 saturated carbocycles. The third kappa shape index (κ3) is 6.04. The van der Waals surface area contributed by atoms with Gasteiger partial charge in [-0.2, -0.15) is 0 Å². The quantitative estimate of drug-likeness (QED) is 0.533. The molecular formula is C15H29ClN2O4S. The molecule has 1 aliphatic rings. The van der Waals surface area contributed by atoms with Gasteiger partial charge in [0, 0.05) is 6.42 Å². The summed E-state index contributed by atoms with van der Waals surface area (Å²) in [5.74, 6) is -2.04. The number of hydrogen-bond acceptors (Lipinski definition) is 5. The lowest BCUT2D eigenvalue weighted by atomic mass is 9.93. The van der Waals surface area contributed by atoms with Crippen LogP contribution in [0.2, 0.25) is 0 Å². The van der Waals surface area contributed by atoms with Crippen LogP contribution in [-0.2, 0) is 19.4 Å². The van der Waals surface area contributed by atoms with E-state index in [4.69, 9.17) is 11.5 Å². The van der Waals surface area contributed by atoms with E-state index < -0.39 is 38.1 Å². The van der Waals surface area contributed by atoms with Gasteiger partial charge in [-0.3, -0.25) is 9.59 Å². The Labute approximate surface area is 145 Å². The van der Waals surface area contributed by atoms with Crippen LogP contribution in [0.25, 0.3) is 0 Å². The lowest BCUT2D eigenvalue weighted by molar-refractivity contribution is -0.133. The second-order valence-corrected chi connectivity index (χ2v) is 8.69. The number of amides is 1. The molecule has 1 unspecified atom stereocenters. The number of sulfone groups is 1. The highest BCUT2D eigenvalue weighted by Crippen LogP contribution is 2.34. The number of ketones is 1. The first kappa shape index (κ1) is 22.3. The fourth-order valence-corrected chi connectivity index (χ4v) is 5.00. The fourth-order valence-electron chi connectivity index (χ4n) is 2.64. The molecule has 23 heavy (non-hydrogen) atoms. The van der Waals surface area contributed by atoms with E-state index in [-0.39, 0.29) is 24.7 Å². The molecule has 0 aromatic carbocycles. The van der Waals surface area contributed by atoms with Crippen LogP contribution in [0.4, 0.5) is 0 Å². The van der Waals surface area contributed by atoms with E-state index in [0.29, 0.717) is 25.7 Å². The molecule has 0 radical (unpaired) electrons. The summed E-state index contributed by atoms with van der Waals surface area (Å²) < 4.78 is 25.2. The van der Waals surface area contributed by atoms with Gasteiger partial charge in [-0.25, -0.2) is 8.42 Å². The molecule has 0 aromatic rings. The molecule has 0 aliphatic heterocycles. The number of primary amides is 1. The summed E-state index contributed by atoms with van der Waals surface area (Å²) in [6, 6.07) is 0.